The number of ether oxygens (including phenoxy) is 1. The van der Waals surface area contributed by atoms with E-state index >= 15 is 0 Å². The van der Waals surface area contributed by atoms with Gasteiger partial charge in [0.2, 0.25) is 0 Å². The van der Waals surface area contributed by atoms with E-state index < -0.39 is 5.60 Å². The first kappa shape index (κ1) is 19.8. The summed E-state index contributed by atoms with van der Waals surface area (Å²) < 4.78 is 7.36. The molecule has 1 aromatic rings. The summed E-state index contributed by atoms with van der Waals surface area (Å²) in [5.41, 5.74) is 2.03. The number of fused-ring (bicyclic) bond motifs is 1. The minimum absolute atomic E-state index is 0.00873. The molecule has 7 heteroatoms. The minimum atomic E-state index is -0.545. The molecule has 0 spiro atoms. The van der Waals surface area contributed by atoms with Gasteiger partial charge in [-0.3, -0.25) is 4.68 Å². The molecule has 1 aromatic heterocycles. The number of amides is 1. The maximum Gasteiger partial charge on any atom is 0.410 e. The molecule has 1 aliphatic heterocycles. The molecule has 0 saturated carbocycles. The number of aromatic nitrogens is 2. The summed E-state index contributed by atoms with van der Waals surface area (Å²) in [4.78, 5) is 14.2. The maximum absolute atomic E-state index is 12.5. The van der Waals surface area contributed by atoms with Gasteiger partial charge < -0.3 is 14.8 Å². The highest BCUT2D eigenvalue weighted by Crippen LogP contribution is 2.27. The first-order chi connectivity index (χ1) is 12.3. The zero-order valence-electron chi connectivity index (χ0n) is 16.2. The summed E-state index contributed by atoms with van der Waals surface area (Å²) in [5, 5.41) is 16.9. The Labute approximate surface area is 155 Å². The molecule has 0 fully saturated rings. The number of hydrogen-bond donors (Lipinski definition) is 1. The number of hydrogen-bond acceptors (Lipinski definition) is 5. The quantitative estimate of drug-likeness (QED) is 0.294. The van der Waals surface area contributed by atoms with E-state index in [0.717, 1.165) is 29.8 Å². The second kappa shape index (κ2) is 8.26. The van der Waals surface area contributed by atoms with Gasteiger partial charge in [0.25, 0.3) is 0 Å². The third-order valence-corrected chi connectivity index (χ3v) is 4.18. The van der Waals surface area contributed by atoms with Crippen LogP contribution in [0.5, 0.6) is 0 Å². The summed E-state index contributed by atoms with van der Waals surface area (Å²) in [7, 11) is 0. The fourth-order valence-electron chi connectivity index (χ4n) is 2.99. The lowest BCUT2D eigenvalue weighted by Gasteiger charge is -2.34. The van der Waals surface area contributed by atoms with Crippen molar-refractivity contribution >= 4 is 12.3 Å². The zero-order chi connectivity index (χ0) is 19.3. The van der Waals surface area contributed by atoms with Crippen LogP contribution in [0.3, 0.4) is 0 Å². The van der Waals surface area contributed by atoms with Gasteiger partial charge in [-0.15, -0.1) is 11.8 Å². The van der Waals surface area contributed by atoms with Crippen LogP contribution < -0.4 is 0 Å². The molecule has 0 saturated heterocycles. The fraction of sp³-hybridized carbons (Fsp3) is 0.632. The Hall–Kier alpha value is -2.49. The van der Waals surface area contributed by atoms with Gasteiger partial charge in [-0.05, 0) is 41.0 Å². The third kappa shape index (κ3) is 4.78. The van der Waals surface area contributed by atoms with Crippen molar-refractivity contribution in [1.29, 1.82) is 0 Å². The number of oxime groups is 1. The van der Waals surface area contributed by atoms with Crippen LogP contribution in [0, 0.1) is 11.8 Å². The topological polar surface area (TPSA) is 80.0 Å². The van der Waals surface area contributed by atoms with Crippen molar-refractivity contribution in [3.63, 3.8) is 0 Å². The number of carbonyl (C=O) groups excluding carboxylic acids is 1. The van der Waals surface area contributed by atoms with Crippen molar-refractivity contribution in [2.75, 3.05) is 0 Å². The number of aryl methyl sites for hydroxylation is 1. The van der Waals surface area contributed by atoms with Crippen molar-refractivity contribution in [2.45, 2.75) is 78.6 Å². The molecular weight excluding hydrogens is 332 g/mol. The molecule has 0 bridgehead atoms. The van der Waals surface area contributed by atoms with Crippen molar-refractivity contribution in [1.82, 2.24) is 14.7 Å². The SMILES string of the molecule is CC#CCCCn1nc2c(c1/C=N/O)CN(C(=O)OC(C)(C)C)[C@H](C)C2. The smallest absolute Gasteiger partial charge is 0.410 e. The van der Waals surface area contributed by atoms with Crippen LogP contribution in [-0.4, -0.2) is 43.8 Å². The highest BCUT2D eigenvalue weighted by atomic mass is 16.6. The summed E-state index contributed by atoms with van der Waals surface area (Å²) in [6, 6.07) is -0.00873. The molecule has 1 atom stereocenters. The summed E-state index contributed by atoms with van der Waals surface area (Å²) in [6.07, 6.45) is 3.34. The number of unbranched alkanes of at least 4 members (excludes halogenated alkanes) is 1. The molecule has 0 aromatic carbocycles. The standard InChI is InChI=1S/C19H28N4O3/c1-6-7-8-9-10-23-17(12-20-25)15-13-22(14(2)11-16(15)21-23)18(24)26-19(3,4)5/h12,14,25H,8-11,13H2,1-5H3/b20-12+/t14-/m1/s1. The van der Waals surface area contributed by atoms with Gasteiger partial charge in [0.15, 0.2) is 0 Å². The lowest BCUT2D eigenvalue weighted by molar-refractivity contribution is 0.0137. The van der Waals surface area contributed by atoms with E-state index in [-0.39, 0.29) is 12.1 Å². The largest absolute Gasteiger partial charge is 0.444 e. The van der Waals surface area contributed by atoms with Crippen molar-refractivity contribution in [3.05, 3.63) is 17.0 Å². The maximum atomic E-state index is 12.5. The van der Waals surface area contributed by atoms with E-state index in [1.165, 1.54) is 6.21 Å². The molecule has 26 heavy (non-hydrogen) atoms. The van der Waals surface area contributed by atoms with E-state index in [0.29, 0.717) is 19.5 Å². The second-order valence-corrected chi connectivity index (χ2v) is 7.47. The first-order valence-electron chi connectivity index (χ1n) is 8.92. The third-order valence-electron chi connectivity index (χ3n) is 4.18. The van der Waals surface area contributed by atoms with Crippen LogP contribution in [0.2, 0.25) is 0 Å². The lowest BCUT2D eigenvalue weighted by atomic mass is 10.0. The molecule has 1 N–H and O–H groups in total. The van der Waals surface area contributed by atoms with E-state index in [1.807, 2.05) is 39.3 Å². The zero-order valence-corrected chi connectivity index (χ0v) is 16.2. The van der Waals surface area contributed by atoms with Crippen LogP contribution in [0.4, 0.5) is 4.79 Å². The van der Waals surface area contributed by atoms with Crippen LogP contribution in [-0.2, 0) is 24.2 Å². The van der Waals surface area contributed by atoms with Crippen LogP contribution in [0.1, 0.15) is 64.4 Å². The molecule has 0 unspecified atom stereocenters. The highest BCUT2D eigenvalue weighted by molar-refractivity contribution is 5.80. The summed E-state index contributed by atoms with van der Waals surface area (Å²) in [5.74, 6) is 5.92. The normalized spacial score (nSPS) is 17.0. The Morgan fingerprint density at radius 2 is 2.23 bits per heavy atom. The second-order valence-electron chi connectivity index (χ2n) is 7.47. The summed E-state index contributed by atoms with van der Waals surface area (Å²) in [6.45, 7) is 10.4. The van der Waals surface area contributed by atoms with Gasteiger partial charge in [0.05, 0.1) is 24.1 Å². The number of nitrogens with zero attached hydrogens (tertiary/aromatic N) is 4. The molecule has 1 aliphatic rings. The van der Waals surface area contributed by atoms with Gasteiger partial charge in [0.1, 0.15) is 5.60 Å². The molecule has 142 valence electrons. The Kier molecular flexibility index (Phi) is 6.30. The summed E-state index contributed by atoms with van der Waals surface area (Å²) >= 11 is 0. The van der Waals surface area contributed by atoms with Gasteiger partial charge in [-0.25, -0.2) is 4.79 Å². The van der Waals surface area contributed by atoms with Gasteiger partial charge >= 0.3 is 6.09 Å². The van der Waals surface area contributed by atoms with Crippen LogP contribution >= 0.6 is 0 Å². The average Bonchev–Trinajstić information content (AvgIpc) is 2.86. The van der Waals surface area contributed by atoms with Crippen molar-refractivity contribution in [2.24, 2.45) is 5.16 Å². The Balaban J connectivity index is 2.25. The van der Waals surface area contributed by atoms with Crippen LogP contribution in [0.15, 0.2) is 5.16 Å². The minimum Gasteiger partial charge on any atom is -0.444 e. The molecule has 0 radical (unpaired) electrons. The van der Waals surface area contributed by atoms with E-state index in [9.17, 15) is 4.79 Å². The van der Waals surface area contributed by atoms with E-state index in [2.05, 4.69) is 22.1 Å². The molecule has 0 aliphatic carbocycles. The monoisotopic (exact) mass is 360 g/mol. The lowest BCUT2D eigenvalue weighted by Crippen LogP contribution is -2.45. The predicted molar refractivity (Wildman–Crippen MR) is 99.2 cm³/mol. The number of carbonyl (C=O) groups is 1. The Morgan fingerprint density at radius 3 is 2.85 bits per heavy atom. The van der Waals surface area contributed by atoms with E-state index in [4.69, 9.17) is 9.94 Å². The first-order valence-corrected chi connectivity index (χ1v) is 8.92. The number of rotatable bonds is 4. The average molecular weight is 360 g/mol. The van der Waals surface area contributed by atoms with Crippen LogP contribution in [0.25, 0.3) is 0 Å². The van der Waals surface area contributed by atoms with Crippen molar-refractivity contribution in [3.8, 4) is 11.8 Å². The van der Waals surface area contributed by atoms with Crippen molar-refractivity contribution < 1.29 is 14.7 Å². The molecule has 1 amide bonds. The highest BCUT2D eigenvalue weighted by Gasteiger charge is 2.33. The molecule has 7 nitrogen and oxygen atoms in total. The molecule has 2 rings (SSSR count). The van der Waals surface area contributed by atoms with Gasteiger partial charge in [0, 0.05) is 31.0 Å². The fourth-order valence-corrected chi connectivity index (χ4v) is 2.99. The van der Waals surface area contributed by atoms with E-state index in [1.54, 1.807) is 4.90 Å². The molecular formula is C19H28N4O3. The Bertz CT molecular complexity index is 734. The predicted octanol–water partition coefficient (Wildman–Crippen LogP) is 3.18. The van der Waals surface area contributed by atoms with Gasteiger partial charge in [-0.2, -0.15) is 5.10 Å². The molecule has 2 heterocycles. The Morgan fingerprint density at radius 1 is 1.50 bits per heavy atom. The van der Waals surface area contributed by atoms with Gasteiger partial charge in [-0.1, -0.05) is 5.16 Å².